The lowest BCUT2D eigenvalue weighted by Gasteiger charge is -2.37. The van der Waals surface area contributed by atoms with E-state index in [4.69, 9.17) is 9.47 Å². The fraction of sp³-hybridized carbons (Fsp3) is 0.650. The average molecular weight is 347 g/mol. The van der Waals surface area contributed by atoms with Crippen molar-refractivity contribution in [3.8, 4) is 5.75 Å². The highest BCUT2D eigenvalue weighted by molar-refractivity contribution is 5.97. The lowest BCUT2D eigenvalue weighted by Crippen LogP contribution is -2.45. The van der Waals surface area contributed by atoms with E-state index >= 15 is 0 Å². The Balaban J connectivity index is 1.75. The summed E-state index contributed by atoms with van der Waals surface area (Å²) in [5.41, 5.74) is 0.607. The molecule has 0 aromatic heterocycles. The number of benzene rings is 1. The van der Waals surface area contributed by atoms with Gasteiger partial charge in [-0.15, -0.1) is 0 Å². The first-order chi connectivity index (χ1) is 12.2. The molecular formula is C20H29NO4. The number of aliphatic hydroxyl groups excluding tert-OH is 1. The van der Waals surface area contributed by atoms with Gasteiger partial charge in [0.25, 0.3) is 5.91 Å². The van der Waals surface area contributed by atoms with Gasteiger partial charge >= 0.3 is 0 Å². The van der Waals surface area contributed by atoms with E-state index < -0.39 is 0 Å². The summed E-state index contributed by atoms with van der Waals surface area (Å²) in [6, 6.07) is 7.57. The predicted molar refractivity (Wildman–Crippen MR) is 95.8 cm³/mol. The Hall–Kier alpha value is -1.59. The van der Waals surface area contributed by atoms with E-state index in [2.05, 4.69) is 0 Å². The Kier molecular flexibility index (Phi) is 6.32. The molecule has 1 saturated heterocycles. The molecule has 1 aromatic carbocycles. The molecule has 2 fully saturated rings. The third-order valence-electron chi connectivity index (χ3n) is 5.50. The third-order valence-corrected chi connectivity index (χ3v) is 5.50. The molecule has 2 aliphatic rings. The Bertz CT molecular complexity index is 577. The van der Waals surface area contributed by atoms with Gasteiger partial charge in [0.1, 0.15) is 12.4 Å². The van der Waals surface area contributed by atoms with Crippen LogP contribution in [0.5, 0.6) is 5.75 Å². The van der Waals surface area contributed by atoms with Gasteiger partial charge < -0.3 is 19.5 Å². The second-order valence-corrected chi connectivity index (χ2v) is 7.06. The number of amides is 1. The zero-order valence-corrected chi connectivity index (χ0v) is 15.0. The molecular weight excluding hydrogens is 318 g/mol. The van der Waals surface area contributed by atoms with Crippen LogP contribution in [0.4, 0.5) is 0 Å². The maximum atomic E-state index is 13.2. The fourth-order valence-corrected chi connectivity index (χ4v) is 4.24. The summed E-state index contributed by atoms with van der Waals surface area (Å²) in [6.07, 6.45) is 5.83. The highest BCUT2D eigenvalue weighted by Gasteiger charge is 2.39. The summed E-state index contributed by atoms with van der Waals surface area (Å²) in [4.78, 5) is 15.2. The third kappa shape index (κ3) is 4.15. The highest BCUT2D eigenvalue weighted by Crippen LogP contribution is 2.36. The minimum Gasteiger partial charge on any atom is -0.490 e. The van der Waals surface area contributed by atoms with E-state index in [1.54, 1.807) is 7.11 Å². The van der Waals surface area contributed by atoms with Crippen molar-refractivity contribution in [2.45, 2.75) is 50.7 Å². The van der Waals surface area contributed by atoms with Crippen molar-refractivity contribution in [2.24, 2.45) is 5.92 Å². The number of hydrogen-bond donors (Lipinski definition) is 1. The van der Waals surface area contributed by atoms with E-state index in [1.807, 2.05) is 29.2 Å². The van der Waals surface area contributed by atoms with Gasteiger partial charge in [-0.05, 0) is 37.8 Å². The standard InChI is InChI=1S/C20H29NO4/c1-24-13-14-25-19-11-5-3-8-16(19)20(23)21-12-6-9-17(21)15-7-2-4-10-18(15)22/h3,5,8,11,15,17-18,22H,2,4,6-7,9-10,12-14H2,1H3. The van der Waals surface area contributed by atoms with Crippen molar-refractivity contribution in [1.82, 2.24) is 4.90 Å². The Morgan fingerprint density at radius 2 is 1.96 bits per heavy atom. The Morgan fingerprint density at radius 3 is 2.76 bits per heavy atom. The van der Waals surface area contributed by atoms with Crippen LogP contribution in [0.3, 0.4) is 0 Å². The first-order valence-electron chi connectivity index (χ1n) is 9.42. The molecule has 1 aromatic rings. The number of nitrogens with zero attached hydrogens (tertiary/aromatic N) is 1. The number of likely N-dealkylation sites (tertiary alicyclic amines) is 1. The fourth-order valence-electron chi connectivity index (χ4n) is 4.24. The molecule has 1 amide bonds. The van der Waals surface area contributed by atoms with Gasteiger partial charge in [-0.1, -0.05) is 25.0 Å². The van der Waals surface area contributed by atoms with Gasteiger partial charge in [0.05, 0.1) is 18.3 Å². The van der Waals surface area contributed by atoms with Gasteiger partial charge in [0.15, 0.2) is 0 Å². The molecule has 1 aliphatic carbocycles. The van der Waals surface area contributed by atoms with Gasteiger partial charge in [0, 0.05) is 25.6 Å². The van der Waals surface area contributed by atoms with Crippen LogP contribution < -0.4 is 4.74 Å². The molecule has 1 aliphatic heterocycles. The zero-order chi connectivity index (χ0) is 17.6. The second kappa shape index (κ2) is 8.68. The van der Waals surface area contributed by atoms with Gasteiger partial charge in [-0.3, -0.25) is 4.79 Å². The number of hydrogen-bond acceptors (Lipinski definition) is 4. The van der Waals surface area contributed by atoms with Crippen LogP contribution in [0.25, 0.3) is 0 Å². The molecule has 5 nitrogen and oxygen atoms in total. The monoisotopic (exact) mass is 347 g/mol. The number of carbonyl (C=O) groups excluding carboxylic acids is 1. The topological polar surface area (TPSA) is 59.0 Å². The number of carbonyl (C=O) groups is 1. The molecule has 0 radical (unpaired) electrons. The van der Waals surface area contributed by atoms with Gasteiger partial charge in [0.2, 0.25) is 0 Å². The molecule has 1 saturated carbocycles. The molecule has 138 valence electrons. The summed E-state index contributed by atoms with van der Waals surface area (Å²) in [6.45, 7) is 1.67. The normalized spacial score (nSPS) is 26.6. The molecule has 1 N–H and O–H groups in total. The maximum Gasteiger partial charge on any atom is 0.257 e. The van der Waals surface area contributed by atoms with E-state index in [9.17, 15) is 9.90 Å². The molecule has 3 rings (SSSR count). The number of methoxy groups -OCH3 is 1. The quantitative estimate of drug-likeness (QED) is 0.804. The molecule has 5 heteroatoms. The molecule has 3 unspecified atom stereocenters. The minimum atomic E-state index is -0.277. The van der Waals surface area contributed by atoms with E-state index in [0.29, 0.717) is 24.5 Å². The van der Waals surface area contributed by atoms with Crippen LogP contribution in [-0.2, 0) is 4.74 Å². The van der Waals surface area contributed by atoms with Crippen LogP contribution in [0.1, 0.15) is 48.9 Å². The highest BCUT2D eigenvalue weighted by atomic mass is 16.5. The second-order valence-electron chi connectivity index (χ2n) is 7.06. The average Bonchev–Trinajstić information content (AvgIpc) is 3.12. The maximum absolute atomic E-state index is 13.2. The lowest BCUT2D eigenvalue weighted by atomic mass is 9.80. The largest absolute Gasteiger partial charge is 0.490 e. The lowest BCUT2D eigenvalue weighted by molar-refractivity contribution is 0.0210. The first-order valence-corrected chi connectivity index (χ1v) is 9.42. The predicted octanol–water partition coefficient (Wildman–Crippen LogP) is 2.87. The van der Waals surface area contributed by atoms with Crippen LogP contribution in [0.2, 0.25) is 0 Å². The van der Waals surface area contributed by atoms with E-state index in [1.165, 1.54) is 0 Å². The van der Waals surface area contributed by atoms with Crippen molar-refractivity contribution < 1.29 is 19.4 Å². The minimum absolute atomic E-state index is 0.0216. The smallest absolute Gasteiger partial charge is 0.257 e. The van der Waals surface area contributed by atoms with E-state index in [-0.39, 0.29) is 24.0 Å². The van der Waals surface area contributed by atoms with Crippen molar-refractivity contribution in [3.63, 3.8) is 0 Å². The summed E-state index contributed by atoms with van der Waals surface area (Å²) in [7, 11) is 1.63. The van der Waals surface area contributed by atoms with Gasteiger partial charge in [-0.25, -0.2) is 0 Å². The van der Waals surface area contributed by atoms with E-state index in [0.717, 1.165) is 45.1 Å². The molecule has 1 heterocycles. The van der Waals surface area contributed by atoms with Crippen LogP contribution in [0.15, 0.2) is 24.3 Å². The Labute approximate surface area is 149 Å². The summed E-state index contributed by atoms with van der Waals surface area (Å²) in [5.74, 6) is 0.842. The van der Waals surface area contributed by atoms with Crippen molar-refractivity contribution in [3.05, 3.63) is 29.8 Å². The molecule has 25 heavy (non-hydrogen) atoms. The van der Waals surface area contributed by atoms with Gasteiger partial charge in [-0.2, -0.15) is 0 Å². The summed E-state index contributed by atoms with van der Waals surface area (Å²) < 4.78 is 10.8. The molecule has 0 bridgehead atoms. The number of para-hydroxylation sites is 1. The summed E-state index contributed by atoms with van der Waals surface area (Å²) >= 11 is 0. The van der Waals surface area contributed by atoms with Crippen LogP contribution in [-0.4, -0.2) is 54.9 Å². The van der Waals surface area contributed by atoms with Crippen LogP contribution >= 0.6 is 0 Å². The number of rotatable bonds is 6. The number of ether oxygens (including phenoxy) is 2. The summed E-state index contributed by atoms with van der Waals surface area (Å²) in [5, 5.41) is 10.4. The van der Waals surface area contributed by atoms with Crippen LogP contribution in [0, 0.1) is 5.92 Å². The molecule has 0 spiro atoms. The number of aliphatic hydroxyl groups is 1. The Morgan fingerprint density at radius 1 is 1.16 bits per heavy atom. The van der Waals surface area contributed by atoms with Crippen molar-refractivity contribution in [1.29, 1.82) is 0 Å². The van der Waals surface area contributed by atoms with Crippen molar-refractivity contribution in [2.75, 3.05) is 26.9 Å². The molecule has 3 atom stereocenters. The first kappa shape index (κ1) is 18.2. The zero-order valence-electron chi connectivity index (χ0n) is 15.0. The van der Waals surface area contributed by atoms with Crippen molar-refractivity contribution >= 4 is 5.91 Å². The SMILES string of the molecule is COCCOc1ccccc1C(=O)N1CCCC1C1CCCCC1O.